The summed E-state index contributed by atoms with van der Waals surface area (Å²) in [5.74, 6) is 0.538. The molecule has 1 saturated heterocycles. The topological polar surface area (TPSA) is 66.9 Å². The van der Waals surface area contributed by atoms with Crippen LogP contribution in [0, 0.1) is 17.7 Å². The number of benzene rings is 1. The summed E-state index contributed by atoms with van der Waals surface area (Å²) in [6.07, 6.45) is 7.78. The molecule has 1 aliphatic heterocycles. The molecule has 1 heterocycles. The molecule has 0 bridgehead atoms. The highest BCUT2D eigenvalue weighted by Crippen LogP contribution is 2.40. The highest BCUT2D eigenvalue weighted by Gasteiger charge is 2.42. The van der Waals surface area contributed by atoms with E-state index in [4.69, 9.17) is 4.74 Å². The van der Waals surface area contributed by atoms with Crippen LogP contribution < -0.4 is 4.74 Å². The van der Waals surface area contributed by atoms with Crippen molar-refractivity contribution >= 4 is 27.7 Å². The summed E-state index contributed by atoms with van der Waals surface area (Å²) in [6, 6.07) is 4.79. The summed E-state index contributed by atoms with van der Waals surface area (Å²) in [6.45, 7) is 2.89. The van der Waals surface area contributed by atoms with Gasteiger partial charge in [-0.1, -0.05) is 12.6 Å². The zero-order chi connectivity index (χ0) is 22.2. The number of sulfone groups is 1. The molecule has 1 aromatic rings. The number of thiol groups is 1. The Labute approximate surface area is 189 Å². The number of carbonyl (C=O) groups excluding carboxylic acids is 1. The smallest absolute Gasteiger partial charge is 0.278 e. The zero-order valence-corrected chi connectivity index (χ0v) is 19.6. The van der Waals surface area contributed by atoms with Crippen LogP contribution in [0.3, 0.4) is 0 Å². The molecule has 0 spiro atoms. The number of ether oxygens (including phenoxy) is 1. The Balaban J connectivity index is 1.29. The molecule has 1 aromatic carbocycles. The van der Waals surface area contributed by atoms with Crippen LogP contribution in [0.2, 0.25) is 0 Å². The molecule has 172 valence electrons. The largest absolute Gasteiger partial charge is 0.490 e. The van der Waals surface area contributed by atoms with Gasteiger partial charge in [-0.05, 0) is 68.6 Å². The monoisotopic (exact) mass is 470 g/mol. The number of halogens is 1. The van der Waals surface area contributed by atoms with Gasteiger partial charge in [-0.3, -0.25) is 9.69 Å². The normalized spacial score (nSPS) is 27.8. The lowest BCUT2D eigenvalue weighted by Crippen LogP contribution is -2.58. The van der Waals surface area contributed by atoms with Crippen molar-refractivity contribution in [1.29, 1.82) is 0 Å². The van der Waals surface area contributed by atoms with Crippen molar-refractivity contribution in [2.45, 2.75) is 55.5 Å². The minimum Gasteiger partial charge on any atom is -0.490 e. The molecule has 0 aromatic heterocycles. The number of carbonyl (C=O) groups is 1. The average molecular weight is 471 g/mol. The fourth-order valence-electron chi connectivity index (χ4n) is 5.03. The Bertz CT molecular complexity index is 914. The second-order valence-electron chi connectivity index (χ2n) is 9.22. The predicted octanol–water partition coefficient (Wildman–Crippen LogP) is 3.61. The van der Waals surface area contributed by atoms with E-state index >= 15 is 0 Å². The SMILES string of the molecule is CS(=O)(=O)c1ccc(OCC2CCC(N3CCN(C(=O)S)C[C@H]3C3CC3)CC2)c(F)c1. The maximum absolute atomic E-state index is 14.2. The molecule has 2 aliphatic carbocycles. The highest BCUT2D eigenvalue weighted by molar-refractivity contribution is 7.96. The van der Waals surface area contributed by atoms with Crippen LogP contribution in [0.1, 0.15) is 38.5 Å². The van der Waals surface area contributed by atoms with Crippen molar-refractivity contribution in [2.75, 3.05) is 32.5 Å². The molecule has 0 unspecified atom stereocenters. The second kappa shape index (κ2) is 9.27. The molecule has 6 nitrogen and oxygen atoms in total. The lowest BCUT2D eigenvalue weighted by Gasteiger charge is -2.47. The third kappa shape index (κ3) is 5.54. The van der Waals surface area contributed by atoms with Gasteiger partial charge in [0.25, 0.3) is 5.24 Å². The van der Waals surface area contributed by atoms with E-state index in [0.717, 1.165) is 57.6 Å². The van der Waals surface area contributed by atoms with E-state index in [-0.39, 0.29) is 15.9 Å². The Morgan fingerprint density at radius 3 is 2.45 bits per heavy atom. The fourth-order valence-corrected chi connectivity index (χ4v) is 5.85. The summed E-state index contributed by atoms with van der Waals surface area (Å²) >= 11 is 4.02. The first-order valence-electron chi connectivity index (χ1n) is 11.1. The van der Waals surface area contributed by atoms with Crippen LogP contribution >= 0.6 is 12.6 Å². The number of nitrogens with zero attached hydrogens (tertiary/aromatic N) is 2. The van der Waals surface area contributed by atoms with Crippen molar-refractivity contribution < 1.29 is 22.3 Å². The van der Waals surface area contributed by atoms with E-state index in [1.165, 1.54) is 25.0 Å². The van der Waals surface area contributed by atoms with Gasteiger partial charge in [-0.15, -0.1) is 0 Å². The van der Waals surface area contributed by atoms with E-state index in [9.17, 15) is 17.6 Å². The van der Waals surface area contributed by atoms with Gasteiger partial charge in [0.2, 0.25) is 0 Å². The molecule has 31 heavy (non-hydrogen) atoms. The maximum atomic E-state index is 14.2. The molecule has 1 amide bonds. The molecular weight excluding hydrogens is 439 g/mol. The van der Waals surface area contributed by atoms with Crippen LogP contribution in [0.25, 0.3) is 0 Å². The molecule has 1 atom stereocenters. The van der Waals surface area contributed by atoms with Gasteiger partial charge in [0.1, 0.15) is 0 Å². The first kappa shape index (κ1) is 22.9. The van der Waals surface area contributed by atoms with E-state index in [0.29, 0.717) is 30.5 Å². The summed E-state index contributed by atoms with van der Waals surface area (Å²) < 4.78 is 43.0. The average Bonchev–Trinajstić information content (AvgIpc) is 3.57. The molecule has 0 N–H and O–H groups in total. The summed E-state index contributed by atoms with van der Waals surface area (Å²) in [4.78, 5) is 16.2. The Hall–Kier alpha value is -1.32. The van der Waals surface area contributed by atoms with E-state index in [1.54, 1.807) is 0 Å². The Morgan fingerprint density at radius 2 is 1.87 bits per heavy atom. The standard InChI is InChI=1S/C22H31FN2O4S2/c1-31(27,28)18-8-9-21(19(23)12-18)29-14-15-2-6-17(7-3-15)25-11-10-24(22(26)30)13-20(25)16-4-5-16/h8-9,12,15-17,20H,2-7,10-11,13-14H2,1H3,(H,26,30)/t15?,17?,20-/m0/s1. The quantitative estimate of drug-likeness (QED) is 0.644. The lowest BCUT2D eigenvalue weighted by molar-refractivity contribution is 0.0245. The summed E-state index contributed by atoms with van der Waals surface area (Å²) in [5.41, 5.74) is 0. The van der Waals surface area contributed by atoms with E-state index in [2.05, 4.69) is 17.5 Å². The van der Waals surface area contributed by atoms with Gasteiger partial charge < -0.3 is 9.64 Å². The first-order chi connectivity index (χ1) is 14.7. The number of piperazine rings is 1. The van der Waals surface area contributed by atoms with Gasteiger partial charge in [0.05, 0.1) is 11.5 Å². The van der Waals surface area contributed by atoms with E-state index < -0.39 is 15.7 Å². The van der Waals surface area contributed by atoms with Gasteiger partial charge in [0, 0.05) is 38.0 Å². The molecule has 3 fully saturated rings. The van der Waals surface area contributed by atoms with Crippen molar-refractivity contribution in [2.24, 2.45) is 11.8 Å². The highest BCUT2D eigenvalue weighted by atomic mass is 32.2. The minimum atomic E-state index is -3.44. The predicted molar refractivity (Wildman–Crippen MR) is 120 cm³/mol. The Morgan fingerprint density at radius 1 is 1.16 bits per heavy atom. The van der Waals surface area contributed by atoms with Crippen LogP contribution in [0.15, 0.2) is 23.1 Å². The lowest BCUT2D eigenvalue weighted by atomic mass is 9.84. The minimum absolute atomic E-state index is 0.0391. The number of amides is 1. The van der Waals surface area contributed by atoms with Crippen molar-refractivity contribution in [3.63, 3.8) is 0 Å². The molecular formula is C22H31FN2O4S2. The van der Waals surface area contributed by atoms with Gasteiger partial charge in [-0.25, -0.2) is 12.8 Å². The third-order valence-electron chi connectivity index (χ3n) is 6.99. The van der Waals surface area contributed by atoms with Crippen LogP contribution in [-0.4, -0.2) is 68.0 Å². The third-order valence-corrected chi connectivity index (χ3v) is 8.38. The molecule has 4 rings (SSSR count). The molecule has 2 saturated carbocycles. The van der Waals surface area contributed by atoms with Gasteiger partial charge >= 0.3 is 0 Å². The molecule has 9 heteroatoms. The first-order valence-corrected chi connectivity index (χ1v) is 13.4. The van der Waals surface area contributed by atoms with Crippen LogP contribution in [0.5, 0.6) is 5.75 Å². The number of hydrogen-bond acceptors (Lipinski definition) is 5. The molecule has 0 radical (unpaired) electrons. The number of rotatable bonds is 6. The summed E-state index contributed by atoms with van der Waals surface area (Å²) in [7, 11) is -3.44. The van der Waals surface area contributed by atoms with Crippen LogP contribution in [-0.2, 0) is 9.84 Å². The van der Waals surface area contributed by atoms with Gasteiger partial charge in [-0.2, -0.15) is 0 Å². The second-order valence-corrected chi connectivity index (χ2v) is 11.6. The summed E-state index contributed by atoms with van der Waals surface area (Å²) in [5, 5.41) is -0.122. The molecule has 3 aliphatic rings. The van der Waals surface area contributed by atoms with Gasteiger partial charge in [0.15, 0.2) is 21.4 Å². The van der Waals surface area contributed by atoms with Crippen LogP contribution in [0.4, 0.5) is 9.18 Å². The van der Waals surface area contributed by atoms with E-state index in [1.807, 2.05) is 4.90 Å². The fraction of sp³-hybridized carbons (Fsp3) is 0.682. The Kier molecular flexibility index (Phi) is 6.84. The van der Waals surface area contributed by atoms with Crippen molar-refractivity contribution in [3.05, 3.63) is 24.0 Å². The number of hydrogen-bond donors (Lipinski definition) is 1. The van der Waals surface area contributed by atoms with Crippen molar-refractivity contribution in [3.8, 4) is 5.75 Å². The zero-order valence-electron chi connectivity index (χ0n) is 17.9. The van der Waals surface area contributed by atoms with Crippen molar-refractivity contribution in [1.82, 2.24) is 9.80 Å². The maximum Gasteiger partial charge on any atom is 0.278 e.